The molecule has 0 unspecified atom stereocenters. The lowest BCUT2D eigenvalue weighted by Crippen LogP contribution is -2.08. The fraction of sp³-hybridized carbons (Fsp3) is 0.222. The number of methoxy groups -OCH3 is 1. The minimum Gasteiger partial charge on any atom is -0.496 e. The van der Waals surface area contributed by atoms with Crippen molar-refractivity contribution in [3.63, 3.8) is 0 Å². The van der Waals surface area contributed by atoms with Gasteiger partial charge >= 0.3 is 0 Å². The maximum Gasteiger partial charge on any atom is 0.274 e. The molecular weight excluding hydrogens is 232 g/mol. The first kappa shape index (κ1) is 10.6. The molecule has 0 bridgehead atoms. The fourth-order valence-corrected chi connectivity index (χ4v) is 2.39. The number of aromatic nitrogens is 1. The van der Waals surface area contributed by atoms with Gasteiger partial charge in [-0.3, -0.25) is 18.9 Å². The summed E-state index contributed by atoms with van der Waals surface area (Å²) in [5, 5.41) is 11.1. The number of nitro groups is 1. The van der Waals surface area contributed by atoms with Crippen molar-refractivity contribution in [2.45, 2.75) is 0 Å². The Hall–Kier alpha value is -1.89. The summed E-state index contributed by atoms with van der Waals surface area (Å²) in [6.07, 6.45) is 0. The zero-order valence-corrected chi connectivity index (χ0v) is 9.41. The summed E-state index contributed by atoms with van der Waals surface area (Å²) < 4.78 is 6.97. The molecule has 6 nitrogen and oxygen atoms in total. The number of ether oxygens (including phenoxy) is 1. The predicted molar refractivity (Wildman–Crippen MR) is 60.3 cm³/mol. The van der Waals surface area contributed by atoms with Crippen LogP contribution in [0.15, 0.2) is 16.9 Å². The van der Waals surface area contributed by atoms with E-state index in [4.69, 9.17) is 4.74 Å². The quantitative estimate of drug-likeness (QED) is 0.589. The molecule has 2 rings (SSSR count). The van der Waals surface area contributed by atoms with E-state index in [0.717, 1.165) is 11.5 Å². The van der Waals surface area contributed by atoms with Gasteiger partial charge < -0.3 is 4.74 Å². The van der Waals surface area contributed by atoms with Crippen LogP contribution in [-0.4, -0.2) is 16.0 Å². The number of hydrogen-bond donors (Lipinski definition) is 0. The van der Waals surface area contributed by atoms with Crippen LogP contribution in [0.25, 0.3) is 10.1 Å². The van der Waals surface area contributed by atoms with Gasteiger partial charge in [0, 0.05) is 13.1 Å². The van der Waals surface area contributed by atoms with Crippen molar-refractivity contribution in [3.05, 3.63) is 32.6 Å². The molecule has 1 heterocycles. The molecule has 0 spiro atoms. The maximum atomic E-state index is 11.7. The van der Waals surface area contributed by atoms with Gasteiger partial charge in [-0.2, -0.15) is 0 Å². The van der Waals surface area contributed by atoms with Gasteiger partial charge in [-0.15, -0.1) is 0 Å². The molecule has 0 saturated heterocycles. The molecule has 0 radical (unpaired) electrons. The lowest BCUT2D eigenvalue weighted by Gasteiger charge is -1.99. The molecule has 84 valence electrons. The van der Waals surface area contributed by atoms with Crippen molar-refractivity contribution in [1.29, 1.82) is 0 Å². The van der Waals surface area contributed by atoms with Crippen LogP contribution in [0.2, 0.25) is 0 Å². The zero-order valence-electron chi connectivity index (χ0n) is 8.59. The highest BCUT2D eigenvalue weighted by Crippen LogP contribution is 2.31. The van der Waals surface area contributed by atoms with Crippen molar-refractivity contribution in [2.24, 2.45) is 7.05 Å². The largest absolute Gasteiger partial charge is 0.496 e. The molecular formula is C9H8N2O4S. The Balaban J connectivity index is 2.89. The molecule has 0 fully saturated rings. The normalized spacial score (nSPS) is 10.6. The lowest BCUT2D eigenvalue weighted by molar-refractivity contribution is -0.384. The third-order valence-corrected chi connectivity index (χ3v) is 3.17. The van der Waals surface area contributed by atoms with E-state index in [1.807, 2.05) is 0 Å². The van der Waals surface area contributed by atoms with Crippen LogP contribution < -0.4 is 10.3 Å². The van der Waals surface area contributed by atoms with Crippen molar-refractivity contribution in [1.82, 2.24) is 3.96 Å². The number of fused-ring (bicyclic) bond motifs is 1. The number of non-ortho nitro benzene ring substituents is 1. The molecule has 7 heteroatoms. The number of nitro benzene ring substituents is 1. The van der Waals surface area contributed by atoms with E-state index in [0.29, 0.717) is 10.1 Å². The zero-order chi connectivity index (χ0) is 11.9. The van der Waals surface area contributed by atoms with Crippen molar-refractivity contribution in [2.75, 3.05) is 7.11 Å². The highest BCUT2D eigenvalue weighted by Gasteiger charge is 2.17. The summed E-state index contributed by atoms with van der Waals surface area (Å²) in [6, 6.07) is 2.64. The Labute approximate surface area is 94.0 Å². The summed E-state index contributed by atoms with van der Waals surface area (Å²) in [7, 11) is 2.99. The van der Waals surface area contributed by atoms with Gasteiger partial charge in [0.2, 0.25) is 0 Å². The summed E-state index contributed by atoms with van der Waals surface area (Å²) in [5.74, 6) is 0.242. The first-order valence-electron chi connectivity index (χ1n) is 4.37. The highest BCUT2D eigenvalue weighted by molar-refractivity contribution is 7.13. The Morgan fingerprint density at radius 3 is 2.75 bits per heavy atom. The molecule has 2 aromatic rings. The molecule has 0 aliphatic carbocycles. The summed E-state index contributed by atoms with van der Waals surface area (Å²) in [4.78, 5) is 21.9. The molecule has 0 N–H and O–H groups in total. The second-order valence-electron chi connectivity index (χ2n) is 3.17. The van der Waals surface area contributed by atoms with Crippen LogP contribution in [-0.2, 0) is 7.05 Å². The molecule has 16 heavy (non-hydrogen) atoms. The van der Waals surface area contributed by atoms with E-state index in [-0.39, 0.29) is 17.0 Å². The third kappa shape index (κ3) is 1.45. The van der Waals surface area contributed by atoms with Gasteiger partial charge in [-0.1, -0.05) is 11.5 Å². The average molecular weight is 240 g/mol. The average Bonchev–Trinajstić information content (AvgIpc) is 2.53. The number of hydrogen-bond acceptors (Lipinski definition) is 5. The number of rotatable bonds is 2. The SMILES string of the molecule is COc1cc([N+](=O)[O-])cc2sn(C)c(=O)c12. The van der Waals surface area contributed by atoms with Gasteiger partial charge in [0.25, 0.3) is 11.2 Å². The lowest BCUT2D eigenvalue weighted by atomic mass is 10.2. The molecule has 1 aromatic heterocycles. The van der Waals surface area contributed by atoms with Crippen LogP contribution in [0.3, 0.4) is 0 Å². The van der Waals surface area contributed by atoms with E-state index < -0.39 is 4.92 Å². The fourth-order valence-electron chi connectivity index (χ4n) is 1.47. The topological polar surface area (TPSA) is 74.4 Å². The van der Waals surface area contributed by atoms with Crippen LogP contribution in [0.4, 0.5) is 5.69 Å². The van der Waals surface area contributed by atoms with Crippen molar-refractivity contribution >= 4 is 27.3 Å². The van der Waals surface area contributed by atoms with Gasteiger partial charge in [0.1, 0.15) is 11.1 Å². The minimum atomic E-state index is -0.508. The van der Waals surface area contributed by atoms with Crippen LogP contribution in [0.5, 0.6) is 5.75 Å². The summed E-state index contributed by atoms with van der Waals surface area (Å²) in [5.41, 5.74) is -0.280. The van der Waals surface area contributed by atoms with Gasteiger partial charge in [0.05, 0.1) is 22.8 Å². The van der Waals surface area contributed by atoms with E-state index in [9.17, 15) is 14.9 Å². The molecule has 0 saturated carbocycles. The second-order valence-corrected chi connectivity index (χ2v) is 4.34. The number of benzene rings is 1. The standard InChI is InChI=1S/C9H8N2O4S/c1-10-9(12)8-6(15-2)3-5(11(13)14)4-7(8)16-10/h3-4H,1-2H3. The third-order valence-electron chi connectivity index (χ3n) is 2.22. The van der Waals surface area contributed by atoms with Crippen LogP contribution in [0.1, 0.15) is 0 Å². The Kier molecular flexibility index (Phi) is 2.39. The second kappa shape index (κ2) is 3.60. The van der Waals surface area contributed by atoms with E-state index >= 15 is 0 Å². The predicted octanol–water partition coefficient (Wildman–Crippen LogP) is 1.52. The van der Waals surface area contributed by atoms with Crippen molar-refractivity contribution < 1.29 is 9.66 Å². The molecule has 0 aliphatic rings. The Morgan fingerprint density at radius 1 is 1.50 bits per heavy atom. The maximum absolute atomic E-state index is 11.7. The highest BCUT2D eigenvalue weighted by atomic mass is 32.1. The summed E-state index contributed by atoms with van der Waals surface area (Å²) in [6.45, 7) is 0. The van der Waals surface area contributed by atoms with Gasteiger partial charge in [-0.25, -0.2) is 0 Å². The molecule has 0 aliphatic heterocycles. The monoisotopic (exact) mass is 240 g/mol. The number of nitrogens with zero attached hydrogens (tertiary/aromatic N) is 2. The molecule has 0 amide bonds. The Bertz CT molecular complexity index is 628. The molecule has 1 aromatic carbocycles. The first-order valence-corrected chi connectivity index (χ1v) is 5.14. The van der Waals surface area contributed by atoms with Crippen molar-refractivity contribution in [3.8, 4) is 5.75 Å². The summed E-state index contributed by atoms with van der Waals surface area (Å²) >= 11 is 1.16. The van der Waals surface area contributed by atoms with E-state index in [1.54, 1.807) is 7.05 Å². The van der Waals surface area contributed by atoms with Gasteiger partial charge in [0.15, 0.2) is 0 Å². The molecule has 0 atom stereocenters. The van der Waals surface area contributed by atoms with E-state index in [1.165, 1.54) is 23.2 Å². The smallest absolute Gasteiger partial charge is 0.274 e. The first-order chi connectivity index (χ1) is 7.54. The van der Waals surface area contributed by atoms with Crippen LogP contribution in [0, 0.1) is 10.1 Å². The van der Waals surface area contributed by atoms with Gasteiger partial charge in [-0.05, 0) is 0 Å². The van der Waals surface area contributed by atoms with E-state index in [2.05, 4.69) is 0 Å². The minimum absolute atomic E-state index is 0.0776. The van der Waals surface area contributed by atoms with Crippen LogP contribution >= 0.6 is 11.5 Å². The number of aryl methyl sites for hydroxylation is 1. The Morgan fingerprint density at radius 2 is 2.19 bits per heavy atom.